The van der Waals surface area contributed by atoms with Gasteiger partial charge in [0.25, 0.3) is 0 Å². The van der Waals surface area contributed by atoms with Crippen LogP contribution in [0.1, 0.15) is 89.5 Å². The molecule has 0 saturated carbocycles. The second-order valence-electron chi connectivity index (χ2n) is 18.9. The third kappa shape index (κ3) is 7.41. The van der Waals surface area contributed by atoms with Crippen LogP contribution in [0.3, 0.4) is 0 Å². The van der Waals surface area contributed by atoms with Gasteiger partial charge in [-0.3, -0.25) is 4.98 Å². The van der Waals surface area contributed by atoms with Crippen LogP contribution < -0.4 is 0 Å². The predicted octanol–water partition coefficient (Wildman–Crippen LogP) is 16.2. The first kappa shape index (κ1) is 44.7. The van der Waals surface area contributed by atoms with E-state index in [1.807, 2.05) is 18.2 Å². The van der Waals surface area contributed by atoms with Crippen molar-refractivity contribution in [2.24, 2.45) is 0 Å². The SMILES string of the molecule is CC(C)c1cc(-c2ccccc2)cc(C(C)C)c1-n1c(-c2[c-]ccc3c2oc2cc(-c4ccccc4)ccc23)nc2ccccc21.CC1(C)c2cccnc2-c2[c-]ccc(F)c2C1(C)C.[Ir]. The molecule has 0 amide bonds. The minimum absolute atomic E-state index is 0. The van der Waals surface area contributed by atoms with Crippen molar-refractivity contribution in [2.75, 3.05) is 0 Å². The molecular weight excluding hydrogens is 990 g/mol. The van der Waals surface area contributed by atoms with Crippen molar-refractivity contribution in [3.8, 4) is 50.6 Å². The summed E-state index contributed by atoms with van der Waals surface area (Å²) >= 11 is 0. The molecule has 66 heavy (non-hydrogen) atoms. The Balaban J connectivity index is 0.000000229. The smallest absolute Gasteiger partial charge is 0.121 e. The maximum absolute atomic E-state index is 14.4. The van der Waals surface area contributed by atoms with Crippen LogP contribution in [-0.2, 0) is 30.9 Å². The summed E-state index contributed by atoms with van der Waals surface area (Å²) in [5, 5.41) is 2.15. The summed E-state index contributed by atoms with van der Waals surface area (Å²) in [4.78, 5) is 9.76. The zero-order chi connectivity index (χ0) is 45.2. The van der Waals surface area contributed by atoms with Crippen molar-refractivity contribution in [2.45, 2.75) is 78.1 Å². The van der Waals surface area contributed by atoms with E-state index >= 15 is 0 Å². The zero-order valence-corrected chi connectivity index (χ0v) is 41.0. The summed E-state index contributed by atoms with van der Waals surface area (Å²) in [5.41, 5.74) is 16.2. The largest absolute Gasteiger partial charge is 0.501 e. The average molecular weight is 1040 g/mol. The molecule has 3 heterocycles. The van der Waals surface area contributed by atoms with Gasteiger partial charge in [-0.25, -0.2) is 4.39 Å². The number of hydrogen-bond donors (Lipinski definition) is 0. The Morgan fingerprint density at radius 2 is 1.23 bits per heavy atom. The molecule has 0 unspecified atom stereocenters. The van der Waals surface area contributed by atoms with Crippen molar-refractivity contribution >= 4 is 33.0 Å². The van der Waals surface area contributed by atoms with E-state index in [2.05, 4.69) is 198 Å². The molecule has 6 heteroatoms. The van der Waals surface area contributed by atoms with Gasteiger partial charge in [-0.2, -0.15) is 0 Å². The Morgan fingerprint density at radius 3 is 1.91 bits per heavy atom. The molecule has 0 aliphatic heterocycles. The molecule has 0 fully saturated rings. The first-order valence-electron chi connectivity index (χ1n) is 22.7. The molecule has 0 bridgehead atoms. The third-order valence-electron chi connectivity index (χ3n) is 13.9. The second-order valence-corrected chi connectivity index (χ2v) is 18.9. The Hall–Kier alpha value is -6.46. The molecule has 1 radical (unpaired) electrons. The molecule has 0 N–H and O–H groups in total. The number of halogens is 1. The van der Waals surface area contributed by atoms with Crippen molar-refractivity contribution in [3.63, 3.8) is 0 Å². The van der Waals surface area contributed by atoms with Gasteiger partial charge >= 0.3 is 0 Å². The summed E-state index contributed by atoms with van der Waals surface area (Å²) in [5.74, 6) is 1.24. The van der Waals surface area contributed by atoms with Crippen LogP contribution in [0, 0.1) is 17.9 Å². The monoisotopic (exact) mass is 1040 g/mol. The molecule has 1 aliphatic carbocycles. The van der Waals surface area contributed by atoms with Crippen molar-refractivity contribution in [1.82, 2.24) is 14.5 Å². The van der Waals surface area contributed by atoms with E-state index in [1.165, 1.54) is 39.6 Å². The van der Waals surface area contributed by atoms with Crippen molar-refractivity contribution in [1.29, 1.82) is 0 Å². The predicted molar refractivity (Wildman–Crippen MR) is 266 cm³/mol. The topological polar surface area (TPSA) is 43.9 Å². The summed E-state index contributed by atoms with van der Waals surface area (Å²) in [6.45, 7) is 17.6. The van der Waals surface area contributed by atoms with Gasteiger partial charge < -0.3 is 14.0 Å². The number of pyridine rings is 1. The standard InChI is InChI=1S/C43H35N2O.C17H17FN.Ir/c1-27(2)36-24-32(30-16-9-6-10-17-30)25-37(28(3)4)41(36)45-39-21-12-11-20-38(39)44-43(45)35-19-13-18-34-33-23-22-31(26-40(33)46-42(34)35)29-14-7-5-8-15-29;1-16(2)12-8-6-10-19-15(12)11-7-5-9-13(18)14(11)17(16,3)4;/h5-18,20-28H,1-4H3;5-6,8-10H,1-4H3;/q2*-1;. The summed E-state index contributed by atoms with van der Waals surface area (Å²) in [6.07, 6.45) is 1.76. The van der Waals surface area contributed by atoms with Crippen LogP contribution in [0.2, 0.25) is 0 Å². The number of furan rings is 1. The van der Waals surface area contributed by atoms with Crippen molar-refractivity contribution in [3.05, 3.63) is 198 Å². The number of fused-ring (bicyclic) bond motifs is 7. The van der Waals surface area contributed by atoms with Gasteiger partial charge in [0.05, 0.1) is 22.4 Å². The summed E-state index contributed by atoms with van der Waals surface area (Å²) in [7, 11) is 0. The minimum atomic E-state index is -0.305. The average Bonchev–Trinajstić information content (AvgIpc) is 3.89. The normalized spacial score (nSPS) is 13.6. The Morgan fingerprint density at radius 1 is 0.606 bits per heavy atom. The number of hydrogen-bond acceptors (Lipinski definition) is 3. The van der Waals surface area contributed by atoms with Gasteiger partial charge in [0.15, 0.2) is 0 Å². The fourth-order valence-corrected chi connectivity index (χ4v) is 9.78. The van der Waals surface area contributed by atoms with E-state index in [9.17, 15) is 4.39 Å². The zero-order valence-electron chi connectivity index (χ0n) is 38.6. The van der Waals surface area contributed by atoms with Gasteiger partial charge in [-0.1, -0.05) is 168 Å². The molecule has 4 nitrogen and oxygen atoms in total. The first-order valence-corrected chi connectivity index (χ1v) is 22.7. The third-order valence-corrected chi connectivity index (χ3v) is 13.9. The van der Waals surface area contributed by atoms with Gasteiger partial charge in [-0.15, -0.1) is 42.0 Å². The van der Waals surface area contributed by atoms with Gasteiger partial charge in [0.2, 0.25) is 0 Å². The number of imidazole rings is 1. The van der Waals surface area contributed by atoms with Crippen LogP contribution >= 0.6 is 0 Å². The van der Waals surface area contributed by atoms with Gasteiger partial charge in [-0.05, 0) is 98.1 Å². The van der Waals surface area contributed by atoms with E-state index in [0.717, 1.165) is 72.3 Å². The van der Waals surface area contributed by atoms with E-state index in [0.29, 0.717) is 0 Å². The molecule has 7 aromatic carbocycles. The fraction of sp³-hybridized carbons (Fsp3) is 0.200. The fourth-order valence-electron chi connectivity index (χ4n) is 9.78. The van der Waals surface area contributed by atoms with Crippen molar-refractivity contribution < 1.29 is 28.9 Å². The quantitative estimate of drug-likeness (QED) is 0.156. The van der Waals surface area contributed by atoms with Crippen LogP contribution in [0.5, 0.6) is 0 Å². The van der Waals surface area contributed by atoms with E-state index in [4.69, 9.17) is 9.40 Å². The minimum Gasteiger partial charge on any atom is -0.501 e. The van der Waals surface area contributed by atoms with Crippen LogP contribution in [-0.4, -0.2) is 14.5 Å². The van der Waals surface area contributed by atoms with E-state index in [1.54, 1.807) is 12.3 Å². The molecule has 0 atom stereocenters. The van der Waals surface area contributed by atoms with Gasteiger partial charge in [0.1, 0.15) is 5.58 Å². The van der Waals surface area contributed by atoms with Gasteiger partial charge in [0, 0.05) is 43.2 Å². The molecule has 11 rings (SSSR count). The number of para-hydroxylation sites is 2. The van der Waals surface area contributed by atoms with Crippen LogP contribution in [0.25, 0.3) is 83.6 Å². The van der Waals surface area contributed by atoms with E-state index < -0.39 is 0 Å². The first-order chi connectivity index (χ1) is 31.3. The Kier molecular flexibility index (Phi) is 11.8. The molecule has 10 aromatic rings. The number of aromatic nitrogens is 3. The van der Waals surface area contributed by atoms with Crippen LogP contribution in [0.4, 0.5) is 4.39 Å². The van der Waals surface area contributed by atoms with E-state index in [-0.39, 0.29) is 48.6 Å². The Bertz CT molecular complexity index is 3370. The second kappa shape index (κ2) is 17.4. The Labute approximate surface area is 400 Å². The summed E-state index contributed by atoms with van der Waals surface area (Å²) in [6, 6.07) is 58.8. The number of nitrogens with zero attached hydrogens (tertiary/aromatic N) is 3. The molecular formula is C60H52FIrN3O-2. The molecule has 1 aliphatic rings. The number of benzene rings is 7. The maximum Gasteiger partial charge on any atom is 0.121 e. The number of rotatable bonds is 6. The molecule has 3 aromatic heterocycles. The molecule has 0 spiro atoms. The molecule has 331 valence electrons. The van der Waals surface area contributed by atoms with Crippen LogP contribution in [0.15, 0.2) is 162 Å². The summed E-state index contributed by atoms with van der Waals surface area (Å²) < 4.78 is 23.5. The maximum atomic E-state index is 14.4. The molecule has 0 saturated heterocycles.